The Balaban J connectivity index is 2.67. The van der Waals surface area contributed by atoms with Crippen molar-refractivity contribution in [2.45, 2.75) is 31.0 Å². The molecule has 76 valence electrons. The SMILES string of the molecule is COC(=O)C1(OC)CCC(OC)C1. The van der Waals surface area contributed by atoms with E-state index in [1.165, 1.54) is 14.2 Å². The smallest absolute Gasteiger partial charge is 0.338 e. The molecule has 13 heavy (non-hydrogen) atoms. The maximum absolute atomic E-state index is 11.4. The number of methoxy groups -OCH3 is 3. The summed E-state index contributed by atoms with van der Waals surface area (Å²) < 4.78 is 15.1. The van der Waals surface area contributed by atoms with E-state index in [0.717, 1.165) is 6.42 Å². The second kappa shape index (κ2) is 4.07. The molecule has 0 saturated heterocycles. The summed E-state index contributed by atoms with van der Waals surface area (Å²) in [7, 11) is 4.56. The molecular formula is C9H16O4. The third-order valence-corrected chi connectivity index (χ3v) is 2.71. The molecule has 0 aliphatic heterocycles. The molecule has 0 N–H and O–H groups in total. The van der Waals surface area contributed by atoms with Crippen LogP contribution in [-0.4, -0.2) is 39.0 Å². The molecule has 2 unspecified atom stereocenters. The highest BCUT2D eigenvalue weighted by atomic mass is 16.6. The van der Waals surface area contributed by atoms with E-state index in [0.29, 0.717) is 12.8 Å². The van der Waals surface area contributed by atoms with E-state index in [2.05, 4.69) is 0 Å². The highest BCUT2D eigenvalue weighted by Gasteiger charge is 2.46. The van der Waals surface area contributed by atoms with Crippen LogP contribution < -0.4 is 0 Å². The number of rotatable bonds is 3. The zero-order chi connectivity index (χ0) is 9.90. The molecule has 1 aliphatic rings. The summed E-state index contributed by atoms with van der Waals surface area (Å²) in [5.74, 6) is -0.297. The Morgan fingerprint density at radius 3 is 2.46 bits per heavy atom. The second-order valence-electron chi connectivity index (χ2n) is 3.29. The van der Waals surface area contributed by atoms with E-state index in [-0.39, 0.29) is 12.1 Å². The minimum Gasteiger partial charge on any atom is -0.467 e. The van der Waals surface area contributed by atoms with Gasteiger partial charge in [-0.2, -0.15) is 0 Å². The van der Waals surface area contributed by atoms with Crippen LogP contribution in [0.15, 0.2) is 0 Å². The lowest BCUT2D eigenvalue weighted by Gasteiger charge is -2.24. The predicted molar refractivity (Wildman–Crippen MR) is 46.4 cm³/mol. The molecule has 0 aromatic heterocycles. The van der Waals surface area contributed by atoms with Crippen molar-refractivity contribution in [1.82, 2.24) is 0 Å². The first kappa shape index (κ1) is 10.5. The highest BCUT2D eigenvalue weighted by molar-refractivity contribution is 5.80. The molecule has 0 aromatic rings. The van der Waals surface area contributed by atoms with Crippen molar-refractivity contribution >= 4 is 5.97 Å². The Kier molecular flexibility index (Phi) is 3.27. The minimum atomic E-state index is -0.768. The lowest BCUT2D eigenvalue weighted by Crippen LogP contribution is -2.39. The van der Waals surface area contributed by atoms with Gasteiger partial charge in [-0.05, 0) is 12.8 Å². The third kappa shape index (κ3) is 1.84. The van der Waals surface area contributed by atoms with Crippen LogP contribution in [0.5, 0.6) is 0 Å². The first-order chi connectivity index (χ1) is 6.18. The molecule has 4 heteroatoms. The summed E-state index contributed by atoms with van der Waals surface area (Å²) in [4.78, 5) is 11.4. The van der Waals surface area contributed by atoms with Crippen molar-refractivity contribution in [2.75, 3.05) is 21.3 Å². The molecule has 1 rings (SSSR count). The fourth-order valence-corrected chi connectivity index (χ4v) is 1.81. The Morgan fingerprint density at radius 2 is 2.08 bits per heavy atom. The van der Waals surface area contributed by atoms with Crippen LogP contribution in [0.4, 0.5) is 0 Å². The van der Waals surface area contributed by atoms with Crippen molar-refractivity contribution in [2.24, 2.45) is 0 Å². The highest BCUT2D eigenvalue weighted by Crippen LogP contribution is 2.35. The largest absolute Gasteiger partial charge is 0.467 e. The standard InChI is InChI=1S/C9H16O4/c1-11-7-4-5-9(6-7,13-3)8(10)12-2/h7H,4-6H2,1-3H3. The van der Waals surface area contributed by atoms with Gasteiger partial charge in [0.05, 0.1) is 13.2 Å². The zero-order valence-electron chi connectivity index (χ0n) is 8.33. The van der Waals surface area contributed by atoms with Crippen molar-refractivity contribution in [1.29, 1.82) is 0 Å². The fraction of sp³-hybridized carbons (Fsp3) is 0.889. The van der Waals surface area contributed by atoms with E-state index in [4.69, 9.17) is 14.2 Å². The molecule has 1 saturated carbocycles. The Morgan fingerprint density at radius 1 is 1.38 bits per heavy atom. The molecule has 0 radical (unpaired) electrons. The summed E-state index contributed by atoms with van der Waals surface area (Å²) >= 11 is 0. The van der Waals surface area contributed by atoms with Crippen molar-refractivity contribution in [3.05, 3.63) is 0 Å². The molecule has 0 aromatic carbocycles. The number of esters is 1. The van der Waals surface area contributed by atoms with E-state index >= 15 is 0 Å². The van der Waals surface area contributed by atoms with Crippen LogP contribution >= 0.6 is 0 Å². The van der Waals surface area contributed by atoms with Gasteiger partial charge in [0.2, 0.25) is 0 Å². The topological polar surface area (TPSA) is 44.8 Å². The number of ether oxygens (including phenoxy) is 3. The number of hydrogen-bond acceptors (Lipinski definition) is 4. The molecule has 0 bridgehead atoms. The van der Waals surface area contributed by atoms with Gasteiger partial charge in [-0.3, -0.25) is 0 Å². The van der Waals surface area contributed by atoms with Gasteiger partial charge in [-0.25, -0.2) is 4.79 Å². The quantitative estimate of drug-likeness (QED) is 0.613. The van der Waals surface area contributed by atoms with Crippen LogP contribution in [0.25, 0.3) is 0 Å². The number of carbonyl (C=O) groups is 1. The first-order valence-corrected chi connectivity index (χ1v) is 4.35. The summed E-state index contributed by atoms with van der Waals surface area (Å²) in [6, 6.07) is 0. The Labute approximate surface area is 78.2 Å². The van der Waals surface area contributed by atoms with Gasteiger partial charge in [0, 0.05) is 20.6 Å². The Hall–Kier alpha value is -0.610. The third-order valence-electron chi connectivity index (χ3n) is 2.71. The molecule has 1 aliphatic carbocycles. The van der Waals surface area contributed by atoms with E-state index in [1.807, 2.05) is 0 Å². The molecule has 0 spiro atoms. The lowest BCUT2D eigenvalue weighted by molar-refractivity contribution is -0.166. The van der Waals surface area contributed by atoms with Gasteiger partial charge in [0.1, 0.15) is 0 Å². The van der Waals surface area contributed by atoms with Gasteiger partial charge < -0.3 is 14.2 Å². The van der Waals surface area contributed by atoms with Gasteiger partial charge in [-0.15, -0.1) is 0 Å². The predicted octanol–water partition coefficient (Wildman–Crippen LogP) is 0.743. The van der Waals surface area contributed by atoms with E-state index < -0.39 is 5.60 Å². The normalized spacial score (nSPS) is 33.3. The average molecular weight is 188 g/mol. The molecule has 0 heterocycles. The van der Waals surface area contributed by atoms with Gasteiger partial charge in [0.15, 0.2) is 5.60 Å². The van der Waals surface area contributed by atoms with Crippen LogP contribution in [0.3, 0.4) is 0 Å². The van der Waals surface area contributed by atoms with Crippen LogP contribution in [0.1, 0.15) is 19.3 Å². The average Bonchev–Trinajstić information content (AvgIpc) is 2.61. The summed E-state index contributed by atoms with van der Waals surface area (Å²) in [5, 5.41) is 0. The maximum Gasteiger partial charge on any atom is 0.338 e. The van der Waals surface area contributed by atoms with Gasteiger partial charge in [0.25, 0.3) is 0 Å². The molecular weight excluding hydrogens is 172 g/mol. The molecule has 2 atom stereocenters. The lowest BCUT2D eigenvalue weighted by atomic mass is 10.0. The molecule has 4 nitrogen and oxygen atoms in total. The van der Waals surface area contributed by atoms with E-state index in [9.17, 15) is 4.79 Å². The summed E-state index contributed by atoms with van der Waals surface area (Å²) in [6.45, 7) is 0. The van der Waals surface area contributed by atoms with E-state index in [1.54, 1.807) is 7.11 Å². The molecule has 0 amide bonds. The maximum atomic E-state index is 11.4. The fourth-order valence-electron chi connectivity index (χ4n) is 1.81. The number of hydrogen-bond donors (Lipinski definition) is 0. The van der Waals surface area contributed by atoms with Gasteiger partial charge in [-0.1, -0.05) is 0 Å². The van der Waals surface area contributed by atoms with Crippen LogP contribution in [0, 0.1) is 0 Å². The van der Waals surface area contributed by atoms with Crippen molar-refractivity contribution < 1.29 is 19.0 Å². The van der Waals surface area contributed by atoms with Crippen molar-refractivity contribution in [3.8, 4) is 0 Å². The van der Waals surface area contributed by atoms with Crippen LogP contribution in [-0.2, 0) is 19.0 Å². The van der Waals surface area contributed by atoms with Crippen molar-refractivity contribution in [3.63, 3.8) is 0 Å². The number of carbonyl (C=O) groups excluding carboxylic acids is 1. The van der Waals surface area contributed by atoms with Gasteiger partial charge >= 0.3 is 5.97 Å². The molecule has 1 fully saturated rings. The summed E-state index contributed by atoms with van der Waals surface area (Å²) in [5.41, 5.74) is -0.768. The summed E-state index contributed by atoms with van der Waals surface area (Å²) in [6.07, 6.45) is 2.22. The second-order valence-corrected chi connectivity index (χ2v) is 3.29. The zero-order valence-corrected chi connectivity index (χ0v) is 8.33. The first-order valence-electron chi connectivity index (χ1n) is 4.35. The Bertz CT molecular complexity index is 192. The minimum absolute atomic E-state index is 0.110. The van der Waals surface area contributed by atoms with Crippen LogP contribution in [0.2, 0.25) is 0 Å². The monoisotopic (exact) mass is 188 g/mol.